The van der Waals surface area contributed by atoms with Crippen LogP contribution in [0.2, 0.25) is 0 Å². The molecular formula is C24H18F6N2O3. The van der Waals surface area contributed by atoms with Crippen LogP contribution in [0.4, 0.5) is 32.0 Å². The summed E-state index contributed by atoms with van der Waals surface area (Å²) in [5.41, 5.74) is -2.14. The third kappa shape index (κ3) is 5.44. The van der Waals surface area contributed by atoms with Crippen molar-refractivity contribution in [1.82, 2.24) is 4.98 Å². The van der Waals surface area contributed by atoms with Gasteiger partial charge in [-0.05, 0) is 54.4 Å². The largest absolute Gasteiger partial charge is 0.465 e. The van der Waals surface area contributed by atoms with Gasteiger partial charge in [-0.1, -0.05) is 6.07 Å². The third-order valence-electron chi connectivity index (χ3n) is 5.25. The summed E-state index contributed by atoms with van der Waals surface area (Å²) >= 11 is 0. The highest BCUT2D eigenvalue weighted by Crippen LogP contribution is 2.38. The van der Waals surface area contributed by atoms with Crippen LogP contribution in [0.3, 0.4) is 0 Å². The first-order valence-electron chi connectivity index (χ1n) is 9.95. The number of anilines is 1. The second kappa shape index (κ2) is 9.40. The zero-order valence-corrected chi connectivity index (χ0v) is 18.6. The van der Waals surface area contributed by atoms with E-state index in [1.807, 2.05) is 0 Å². The molecule has 0 spiro atoms. The van der Waals surface area contributed by atoms with E-state index in [1.54, 1.807) is 13.0 Å². The van der Waals surface area contributed by atoms with Gasteiger partial charge in [-0.2, -0.15) is 26.3 Å². The Labute approximate surface area is 196 Å². The molecule has 0 unspecified atom stereocenters. The molecule has 0 saturated carbocycles. The van der Waals surface area contributed by atoms with Gasteiger partial charge in [0, 0.05) is 24.4 Å². The maximum absolute atomic E-state index is 13.2. The number of pyridine rings is 1. The summed E-state index contributed by atoms with van der Waals surface area (Å²) in [5.74, 6) is -1.73. The monoisotopic (exact) mass is 496 g/mol. The van der Waals surface area contributed by atoms with Crippen molar-refractivity contribution >= 4 is 17.6 Å². The maximum Gasteiger partial charge on any atom is 0.416 e. The van der Waals surface area contributed by atoms with Gasteiger partial charge in [-0.3, -0.25) is 9.78 Å². The van der Waals surface area contributed by atoms with Crippen molar-refractivity contribution in [2.24, 2.45) is 0 Å². The normalized spacial score (nSPS) is 11.8. The van der Waals surface area contributed by atoms with Crippen molar-refractivity contribution in [3.8, 4) is 11.1 Å². The summed E-state index contributed by atoms with van der Waals surface area (Å²) in [6.07, 6.45) is -7.55. The lowest BCUT2D eigenvalue weighted by atomic mass is 9.97. The number of aryl methyl sites for hydroxylation is 1. The van der Waals surface area contributed by atoms with Crippen LogP contribution in [0.25, 0.3) is 11.1 Å². The number of hydrogen-bond acceptors (Lipinski definition) is 4. The van der Waals surface area contributed by atoms with E-state index < -0.39 is 40.9 Å². The smallest absolute Gasteiger partial charge is 0.416 e. The van der Waals surface area contributed by atoms with Gasteiger partial charge in [0.1, 0.15) is 0 Å². The average molecular weight is 496 g/mol. The number of esters is 1. The van der Waals surface area contributed by atoms with E-state index >= 15 is 0 Å². The Morgan fingerprint density at radius 2 is 1.46 bits per heavy atom. The van der Waals surface area contributed by atoms with Gasteiger partial charge in [-0.25, -0.2) is 4.79 Å². The van der Waals surface area contributed by atoms with Crippen LogP contribution in [0, 0.1) is 6.92 Å². The van der Waals surface area contributed by atoms with Crippen molar-refractivity contribution in [2.75, 3.05) is 19.1 Å². The van der Waals surface area contributed by atoms with Crippen molar-refractivity contribution in [3.63, 3.8) is 0 Å². The zero-order chi connectivity index (χ0) is 26.1. The molecule has 11 heteroatoms. The van der Waals surface area contributed by atoms with E-state index in [0.717, 1.165) is 4.90 Å². The van der Waals surface area contributed by atoms with Crippen LogP contribution in [0.1, 0.15) is 37.4 Å². The average Bonchev–Trinajstić information content (AvgIpc) is 2.81. The molecule has 0 aliphatic rings. The minimum absolute atomic E-state index is 0.0477. The number of benzene rings is 2. The zero-order valence-electron chi connectivity index (χ0n) is 18.6. The molecule has 3 aromatic rings. The summed E-state index contributed by atoms with van der Waals surface area (Å²) in [6, 6.07) is 6.87. The molecule has 1 aromatic heterocycles. The van der Waals surface area contributed by atoms with Crippen LogP contribution < -0.4 is 4.90 Å². The van der Waals surface area contributed by atoms with Crippen LogP contribution >= 0.6 is 0 Å². The Morgan fingerprint density at radius 1 is 0.857 bits per heavy atom. The minimum Gasteiger partial charge on any atom is -0.465 e. The molecule has 0 fully saturated rings. The second-order valence-electron chi connectivity index (χ2n) is 7.57. The van der Waals surface area contributed by atoms with E-state index in [4.69, 9.17) is 4.74 Å². The summed E-state index contributed by atoms with van der Waals surface area (Å²) in [7, 11) is 2.41. The topological polar surface area (TPSA) is 59.5 Å². The second-order valence-corrected chi connectivity index (χ2v) is 7.57. The summed E-state index contributed by atoms with van der Waals surface area (Å²) in [4.78, 5) is 29.9. The van der Waals surface area contributed by atoms with Crippen LogP contribution in [0.15, 0.2) is 54.9 Å². The number of rotatable bonds is 4. The number of carbonyl (C=O) groups excluding carboxylic acids is 2. The highest BCUT2D eigenvalue weighted by Gasteiger charge is 2.38. The quantitative estimate of drug-likeness (QED) is 0.321. The molecule has 2 aromatic carbocycles. The standard InChI is InChI=1S/C24H18F6N2O3/c1-13-4-5-14(22(34)35-3)10-19(13)18-6-7-31-12-20(18)32(2)21(33)15-8-16(23(25,26)27)11-17(9-15)24(28,29)30/h4-12H,1-3H3. The lowest BCUT2D eigenvalue weighted by Crippen LogP contribution is -2.28. The maximum atomic E-state index is 13.2. The highest BCUT2D eigenvalue weighted by atomic mass is 19.4. The molecule has 1 amide bonds. The number of alkyl halides is 6. The van der Waals surface area contributed by atoms with Crippen molar-refractivity contribution < 1.29 is 40.7 Å². The van der Waals surface area contributed by atoms with Crippen LogP contribution in [0.5, 0.6) is 0 Å². The molecule has 1 heterocycles. The molecule has 0 radical (unpaired) electrons. The predicted molar refractivity (Wildman–Crippen MR) is 115 cm³/mol. The molecule has 0 saturated heterocycles. The number of carbonyl (C=O) groups is 2. The fourth-order valence-corrected chi connectivity index (χ4v) is 3.42. The van der Waals surface area contributed by atoms with Crippen LogP contribution in [-0.4, -0.2) is 31.0 Å². The predicted octanol–water partition coefficient (Wildman–Crippen LogP) is 6.16. The van der Waals surface area contributed by atoms with Gasteiger partial charge in [-0.15, -0.1) is 0 Å². The van der Waals surface area contributed by atoms with Crippen LogP contribution in [-0.2, 0) is 17.1 Å². The lowest BCUT2D eigenvalue weighted by molar-refractivity contribution is -0.143. The molecule has 0 aliphatic heterocycles. The summed E-state index contributed by atoms with van der Waals surface area (Å²) < 4.78 is 84.2. The number of ether oxygens (including phenoxy) is 1. The molecule has 184 valence electrons. The fraction of sp³-hybridized carbons (Fsp3) is 0.208. The van der Waals surface area contributed by atoms with E-state index in [1.165, 1.54) is 44.8 Å². The number of nitrogens with zero attached hydrogens (tertiary/aromatic N) is 2. The van der Waals surface area contributed by atoms with Gasteiger partial charge in [0.2, 0.25) is 0 Å². The van der Waals surface area contributed by atoms with E-state index in [9.17, 15) is 35.9 Å². The summed E-state index contributed by atoms with van der Waals surface area (Å²) in [6.45, 7) is 1.73. The molecular weight excluding hydrogens is 478 g/mol. The summed E-state index contributed by atoms with van der Waals surface area (Å²) in [5, 5.41) is 0. The van der Waals surface area contributed by atoms with E-state index in [0.29, 0.717) is 28.8 Å². The van der Waals surface area contributed by atoms with E-state index in [2.05, 4.69) is 4.98 Å². The van der Waals surface area contributed by atoms with Gasteiger partial charge in [0.05, 0.1) is 35.7 Å². The molecule has 35 heavy (non-hydrogen) atoms. The van der Waals surface area contributed by atoms with Crippen molar-refractivity contribution in [2.45, 2.75) is 19.3 Å². The van der Waals surface area contributed by atoms with Gasteiger partial charge < -0.3 is 9.64 Å². The first-order valence-corrected chi connectivity index (χ1v) is 9.95. The SMILES string of the molecule is COC(=O)c1ccc(C)c(-c2ccncc2N(C)C(=O)c2cc(C(F)(F)F)cc(C(F)(F)F)c2)c1. The van der Waals surface area contributed by atoms with Gasteiger partial charge in [0.15, 0.2) is 0 Å². The molecule has 3 rings (SSSR count). The number of hydrogen-bond donors (Lipinski definition) is 0. The highest BCUT2D eigenvalue weighted by molar-refractivity contribution is 6.08. The van der Waals surface area contributed by atoms with Crippen molar-refractivity contribution in [3.05, 3.63) is 82.7 Å². The van der Waals surface area contributed by atoms with E-state index in [-0.39, 0.29) is 17.3 Å². The Kier molecular flexibility index (Phi) is 6.91. The Morgan fingerprint density at radius 3 is 2.00 bits per heavy atom. The van der Waals surface area contributed by atoms with Gasteiger partial charge in [0.25, 0.3) is 5.91 Å². The minimum atomic E-state index is -5.10. The molecule has 0 aliphatic carbocycles. The Hall–Kier alpha value is -3.89. The molecule has 5 nitrogen and oxygen atoms in total. The van der Waals surface area contributed by atoms with Gasteiger partial charge >= 0.3 is 18.3 Å². The molecule has 0 atom stereocenters. The Balaban J connectivity index is 2.12. The first kappa shape index (κ1) is 25.7. The number of aromatic nitrogens is 1. The third-order valence-corrected chi connectivity index (χ3v) is 5.25. The molecule has 0 N–H and O–H groups in total. The number of amides is 1. The Bertz CT molecular complexity index is 1250. The first-order chi connectivity index (χ1) is 16.2. The number of methoxy groups -OCH3 is 1. The van der Waals surface area contributed by atoms with Crippen molar-refractivity contribution in [1.29, 1.82) is 0 Å². The fourth-order valence-electron chi connectivity index (χ4n) is 3.42. The lowest BCUT2D eigenvalue weighted by Gasteiger charge is -2.22. The number of halogens is 6. The molecule has 0 bridgehead atoms.